The molecule has 1 aromatic rings. The van der Waals surface area contributed by atoms with Crippen molar-refractivity contribution in [3.63, 3.8) is 0 Å². The van der Waals surface area contributed by atoms with Crippen molar-refractivity contribution in [2.24, 2.45) is 5.73 Å². The van der Waals surface area contributed by atoms with E-state index in [1.807, 2.05) is 6.92 Å². The summed E-state index contributed by atoms with van der Waals surface area (Å²) < 4.78 is 5.15. The highest BCUT2D eigenvalue weighted by molar-refractivity contribution is 5.24. The average Bonchev–Trinajstić information content (AvgIpc) is 2.31. The van der Waals surface area contributed by atoms with Crippen molar-refractivity contribution >= 4 is 0 Å². The summed E-state index contributed by atoms with van der Waals surface area (Å²) in [6, 6.07) is 0.185. The molecular formula is C8H13N3O. The number of fused-ring (bicyclic) bond motifs is 1. The van der Waals surface area contributed by atoms with Crippen molar-refractivity contribution in [2.45, 2.75) is 25.9 Å². The van der Waals surface area contributed by atoms with Gasteiger partial charge >= 0.3 is 0 Å². The van der Waals surface area contributed by atoms with Crippen LogP contribution in [0.1, 0.15) is 17.0 Å². The highest BCUT2D eigenvalue weighted by atomic mass is 16.5. The van der Waals surface area contributed by atoms with Crippen molar-refractivity contribution in [1.29, 1.82) is 0 Å². The van der Waals surface area contributed by atoms with Crippen molar-refractivity contribution in [3.8, 4) is 0 Å². The first-order chi connectivity index (χ1) is 5.77. The van der Waals surface area contributed by atoms with E-state index < -0.39 is 0 Å². The first-order valence-electron chi connectivity index (χ1n) is 4.17. The van der Waals surface area contributed by atoms with Crippen LogP contribution in [-0.2, 0) is 13.0 Å². The Balaban J connectivity index is 2.33. The molecule has 0 radical (unpaired) electrons. The smallest absolute Gasteiger partial charge is 0.153 e. The van der Waals surface area contributed by atoms with Gasteiger partial charge in [-0.05, 0) is 13.3 Å². The molecule has 0 bridgehead atoms. The van der Waals surface area contributed by atoms with Gasteiger partial charge < -0.3 is 15.6 Å². The number of hydrogen-bond acceptors (Lipinski definition) is 4. The zero-order valence-electron chi connectivity index (χ0n) is 7.13. The van der Waals surface area contributed by atoms with Gasteiger partial charge in [0.1, 0.15) is 0 Å². The molecule has 3 N–H and O–H groups in total. The van der Waals surface area contributed by atoms with E-state index in [1.54, 1.807) is 0 Å². The molecule has 0 unspecified atom stereocenters. The fraction of sp³-hybridized carbons (Fsp3) is 0.625. The lowest BCUT2D eigenvalue weighted by molar-refractivity contribution is 0.371. The molecule has 1 atom stereocenters. The van der Waals surface area contributed by atoms with Crippen LogP contribution < -0.4 is 11.1 Å². The van der Waals surface area contributed by atoms with Crippen LogP contribution in [0.4, 0.5) is 0 Å². The topological polar surface area (TPSA) is 64.1 Å². The average molecular weight is 167 g/mol. The molecule has 4 nitrogen and oxygen atoms in total. The Morgan fingerprint density at radius 3 is 3.33 bits per heavy atom. The van der Waals surface area contributed by atoms with E-state index in [-0.39, 0.29) is 6.04 Å². The molecule has 12 heavy (non-hydrogen) atoms. The molecule has 0 amide bonds. The van der Waals surface area contributed by atoms with Crippen molar-refractivity contribution in [3.05, 3.63) is 17.0 Å². The van der Waals surface area contributed by atoms with Crippen LogP contribution in [0.3, 0.4) is 0 Å². The quantitative estimate of drug-likeness (QED) is 0.569. The molecule has 2 heterocycles. The molecule has 0 aromatic carbocycles. The van der Waals surface area contributed by atoms with E-state index in [1.165, 1.54) is 5.56 Å². The fourth-order valence-electron chi connectivity index (χ4n) is 1.54. The first kappa shape index (κ1) is 7.76. The lowest BCUT2D eigenvalue weighted by atomic mass is 10.1. The van der Waals surface area contributed by atoms with E-state index in [2.05, 4.69) is 10.5 Å². The van der Waals surface area contributed by atoms with Gasteiger partial charge in [0.05, 0.1) is 12.2 Å². The molecule has 0 fully saturated rings. The minimum atomic E-state index is 0.185. The minimum Gasteiger partial charge on any atom is -0.359 e. The van der Waals surface area contributed by atoms with Gasteiger partial charge in [0.25, 0.3) is 0 Å². The Bertz CT molecular complexity index is 282. The van der Waals surface area contributed by atoms with Crippen LogP contribution in [-0.4, -0.2) is 17.7 Å². The predicted molar refractivity (Wildman–Crippen MR) is 44.6 cm³/mol. The second-order valence-electron chi connectivity index (χ2n) is 3.26. The van der Waals surface area contributed by atoms with E-state index in [0.29, 0.717) is 0 Å². The Hall–Kier alpha value is -0.870. The number of nitrogens with two attached hydrogens (primary N) is 1. The Labute approximate surface area is 71.1 Å². The molecule has 0 aliphatic carbocycles. The van der Waals surface area contributed by atoms with Crippen LogP contribution in [0.2, 0.25) is 0 Å². The molecular weight excluding hydrogens is 154 g/mol. The molecule has 1 aliphatic rings. The second kappa shape index (κ2) is 2.88. The van der Waals surface area contributed by atoms with Crippen LogP contribution in [0.5, 0.6) is 0 Å². The van der Waals surface area contributed by atoms with Gasteiger partial charge in [0.2, 0.25) is 0 Å². The zero-order valence-corrected chi connectivity index (χ0v) is 7.13. The summed E-state index contributed by atoms with van der Waals surface area (Å²) in [5.41, 5.74) is 8.01. The SMILES string of the molecule is Cc1noc2c1C[C@H](N)CNC2. The molecule has 2 rings (SSSR count). The van der Waals surface area contributed by atoms with Crippen LogP contribution in [0.25, 0.3) is 0 Å². The maximum absolute atomic E-state index is 5.85. The van der Waals surface area contributed by atoms with Gasteiger partial charge in [-0.3, -0.25) is 0 Å². The van der Waals surface area contributed by atoms with Crippen LogP contribution >= 0.6 is 0 Å². The van der Waals surface area contributed by atoms with Crippen molar-refractivity contribution in [2.75, 3.05) is 6.54 Å². The number of aromatic nitrogens is 1. The van der Waals surface area contributed by atoms with Gasteiger partial charge in [-0.1, -0.05) is 5.16 Å². The van der Waals surface area contributed by atoms with E-state index >= 15 is 0 Å². The molecule has 0 spiro atoms. The monoisotopic (exact) mass is 167 g/mol. The normalized spacial score (nSPS) is 23.3. The maximum Gasteiger partial charge on any atom is 0.153 e. The Kier molecular flexibility index (Phi) is 1.86. The van der Waals surface area contributed by atoms with Crippen LogP contribution in [0, 0.1) is 6.92 Å². The summed E-state index contributed by atoms with van der Waals surface area (Å²) in [6.07, 6.45) is 0.873. The maximum atomic E-state index is 5.85. The molecule has 4 heteroatoms. The third-order valence-corrected chi connectivity index (χ3v) is 2.22. The minimum absolute atomic E-state index is 0.185. The predicted octanol–water partition coefficient (Wildman–Crippen LogP) is -0.0440. The summed E-state index contributed by atoms with van der Waals surface area (Å²) in [7, 11) is 0. The molecule has 1 aliphatic heterocycles. The Morgan fingerprint density at radius 1 is 1.67 bits per heavy atom. The van der Waals surface area contributed by atoms with E-state index in [0.717, 1.165) is 31.0 Å². The number of nitrogens with one attached hydrogen (secondary N) is 1. The van der Waals surface area contributed by atoms with Gasteiger partial charge in [-0.25, -0.2) is 0 Å². The summed E-state index contributed by atoms with van der Waals surface area (Å²) in [5.74, 6) is 0.945. The summed E-state index contributed by atoms with van der Waals surface area (Å²) in [6.45, 7) is 3.56. The lowest BCUT2D eigenvalue weighted by Gasteiger charge is -2.05. The van der Waals surface area contributed by atoms with E-state index in [4.69, 9.17) is 10.3 Å². The molecule has 1 aromatic heterocycles. The largest absolute Gasteiger partial charge is 0.359 e. The summed E-state index contributed by atoms with van der Waals surface area (Å²) in [4.78, 5) is 0. The van der Waals surface area contributed by atoms with Crippen molar-refractivity contribution in [1.82, 2.24) is 10.5 Å². The fourth-order valence-corrected chi connectivity index (χ4v) is 1.54. The molecule has 0 saturated carbocycles. The number of rotatable bonds is 0. The third-order valence-electron chi connectivity index (χ3n) is 2.22. The van der Waals surface area contributed by atoms with Crippen molar-refractivity contribution < 1.29 is 4.52 Å². The second-order valence-corrected chi connectivity index (χ2v) is 3.26. The first-order valence-corrected chi connectivity index (χ1v) is 4.17. The highest BCUT2D eigenvalue weighted by Crippen LogP contribution is 2.16. The standard InChI is InChI=1S/C8H13N3O/c1-5-7-2-6(9)3-10-4-8(7)12-11-5/h6,10H,2-4,9H2,1H3/t6-/m0/s1. The van der Waals surface area contributed by atoms with Gasteiger partial charge in [0, 0.05) is 18.2 Å². The van der Waals surface area contributed by atoms with Gasteiger partial charge in [0.15, 0.2) is 5.76 Å². The zero-order chi connectivity index (χ0) is 8.55. The number of hydrogen-bond donors (Lipinski definition) is 2. The third kappa shape index (κ3) is 1.23. The van der Waals surface area contributed by atoms with Gasteiger partial charge in [-0.2, -0.15) is 0 Å². The molecule has 0 saturated heterocycles. The highest BCUT2D eigenvalue weighted by Gasteiger charge is 2.18. The molecule has 66 valence electrons. The number of nitrogens with zero attached hydrogens (tertiary/aromatic N) is 1. The Morgan fingerprint density at radius 2 is 2.50 bits per heavy atom. The van der Waals surface area contributed by atoms with Gasteiger partial charge in [-0.15, -0.1) is 0 Å². The lowest BCUT2D eigenvalue weighted by Crippen LogP contribution is -2.32. The van der Waals surface area contributed by atoms with E-state index in [9.17, 15) is 0 Å². The number of aryl methyl sites for hydroxylation is 1. The summed E-state index contributed by atoms with van der Waals surface area (Å²) in [5, 5.41) is 7.11. The van der Waals surface area contributed by atoms with Crippen LogP contribution in [0.15, 0.2) is 4.52 Å². The summed E-state index contributed by atoms with van der Waals surface area (Å²) >= 11 is 0.